The van der Waals surface area contributed by atoms with E-state index in [0.717, 1.165) is 11.5 Å². The van der Waals surface area contributed by atoms with E-state index in [1.807, 2.05) is 6.07 Å². The first kappa shape index (κ1) is 26.0. The molecule has 1 nitrogen and oxygen atoms in total. The van der Waals surface area contributed by atoms with Gasteiger partial charge in [-0.25, -0.2) is 0 Å². The molecule has 1 heterocycles. The maximum Gasteiger partial charge on any atom is 0.131 e. The van der Waals surface area contributed by atoms with Gasteiger partial charge in [0.15, 0.2) is 0 Å². The molecule has 0 fully saturated rings. The number of para-hydroxylation sites is 1. The normalized spacial score (nSPS) is 17.1. The van der Waals surface area contributed by atoms with Gasteiger partial charge in [-0.1, -0.05) is 135 Å². The highest BCUT2D eigenvalue weighted by atomic mass is 16.5. The van der Waals surface area contributed by atoms with Crippen LogP contribution in [-0.2, 0) is 10.8 Å². The van der Waals surface area contributed by atoms with Gasteiger partial charge in [0.05, 0.1) is 5.41 Å². The minimum atomic E-state index is -0.456. The summed E-state index contributed by atoms with van der Waals surface area (Å²) in [5.74, 6) is 1.88. The van der Waals surface area contributed by atoms with Crippen LogP contribution in [0.25, 0.3) is 33.0 Å². The summed E-state index contributed by atoms with van der Waals surface area (Å²) in [6, 6.07) is 57.9. The predicted molar refractivity (Wildman–Crippen MR) is 185 cm³/mol. The van der Waals surface area contributed by atoms with Crippen LogP contribution in [0.5, 0.6) is 11.5 Å². The Labute approximate surface area is 264 Å². The Morgan fingerprint density at radius 2 is 1.04 bits per heavy atom. The van der Waals surface area contributed by atoms with Crippen molar-refractivity contribution in [3.8, 4) is 33.8 Å². The van der Waals surface area contributed by atoms with Crippen molar-refractivity contribution in [3.05, 3.63) is 191 Å². The molecule has 0 radical (unpaired) electrons. The van der Waals surface area contributed by atoms with Crippen LogP contribution in [0.3, 0.4) is 0 Å². The second-order valence-electron chi connectivity index (χ2n) is 12.9. The summed E-state index contributed by atoms with van der Waals surface area (Å²) in [4.78, 5) is 0. The van der Waals surface area contributed by atoms with Crippen LogP contribution in [0.2, 0.25) is 0 Å². The Balaban J connectivity index is 1.28. The zero-order valence-electron chi connectivity index (χ0n) is 25.4. The molecular formula is C44H32O. The number of rotatable bonds is 3. The highest BCUT2D eigenvalue weighted by Crippen LogP contribution is 2.57. The van der Waals surface area contributed by atoms with Crippen molar-refractivity contribution in [3.63, 3.8) is 0 Å². The zero-order valence-corrected chi connectivity index (χ0v) is 25.4. The first-order chi connectivity index (χ1) is 22.0. The largest absolute Gasteiger partial charge is 0.457 e. The fourth-order valence-corrected chi connectivity index (χ4v) is 7.99. The third-order valence-electron chi connectivity index (χ3n) is 10.2. The van der Waals surface area contributed by atoms with Crippen LogP contribution >= 0.6 is 0 Å². The van der Waals surface area contributed by atoms with Gasteiger partial charge < -0.3 is 4.74 Å². The molecule has 1 aliphatic carbocycles. The zero-order chi connectivity index (χ0) is 30.2. The molecule has 1 heteroatoms. The minimum absolute atomic E-state index is 0.173. The minimum Gasteiger partial charge on any atom is -0.457 e. The summed E-state index contributed by atoms with van der Waals surface area (Å²) in [6.45, 7) is 4.60. The van der Waals surface area contributed by atoms with Gasteiger partial charge in [-0.2, -0.15) is 0 Å². The van der Waals surface area contributed by atoms with Gasteiger partial charge in [0.1, 0.15) is 11.5 Å². The van der Waals surface area contributed by atoms with Gasteiger partial charge in [0, 0.05) is 16.5 Å². The van der Waals surface area contributed by atoms with Crippen LogP contribution in [0.4, 0.5) is 0 Å². The Kier molecular flexibility index (Phi) is 5.53. The van der Waals surface area contributed by atoms with Gasteiger partial charge in [-0.3, -0.25) is 0 Å². The number of fused-ring (bicyclic) bond motifs is 6. The highest BCUT2D eigenvalue weighted by Gasteiger charge is 2.46. The number of ether oxygens (including phenoxy) is 1. The molecule has 0 aromatic heterocycles. The molecule has 1 aliphatic heterocycles. The van der Waals surface area contributed by atoms with Crippen molar-refractivity contribution < 1.29 is 4.74 Å². The van der Waals surface area contributed by atoms with Crippen molar-refractivity contribution in [2.45, 2.75) is 24.7 Å². The third-order valence-corrected chi connectivity index (χ3v) is 10.2. The molecule has 1 unspecified atom stereocenters. The molecule has 0 bridgehead atoms. The van der Waals surface area contributed by atoms with E-state index in [2.05, 4.69) is 166 Å². The Morgan fingerprint density at radius 3 is 1.89 bits per heavy atom. The van der Waals surface area contributed by atoms with Crippen LogP contribution in [0.1, 0.15) is 47.2 Å². The molecular weight excluding hydrogens is 544 g/mol. The smallest absolute Gasteiger partial charge is 0.131 e. The van der Waals surface area contributed by atoms with Gasteiger partial charge in [0.25, 0.3) is 0 Å². The van der Waals surface area contributed by atoms with Crippen LogP contribution < -0.4 is 4.74 Å². The summed E-state index contributed by atoms with van der Waals surface area (Å²) in [5, 5.41) is 2.53. The maximum atomic E-state index is 6.40. The summed E-state index contributed by atoms with van der Waals surface area (Å²) >= 11 is 0. The summed E-state index contributed by atoms with van der Waals surface area (Å²) in [6.07, 6.45) is 0. The lowest BCUT2D eigenvalue weighted by atomic mass is 9.67. The van der Waals surface area contributed by atoms with E-state index in [0.29, 0.717) is 0 Å². The van der Waals surface area contributed by atoms with Crippen molar-refractivity contribution in [2.75, 3.05) is 0 Å². The molecule has 214 valence electrons. The molecule has 0 spiro atoms. The Hall–Kier alpha value is -5.40. The van der Waals surface area contributed by atoms with Crippen molar-refractivity contribution in [1.29, 1.82) is 0 Å². The highest BCUT2D eigenvalue weighted by molar-refractivity contribution is 5.96. The number of hydrogen-bond acceptors (Lipinski definition) is 1. The van der Waals surface area contributed by atoms with E-state index < -0.39 is 5.41 Å². The molecule has 0 N–H and O–H groups in total. The third kappa shape index (κ3) is 3.68. The van der Waals surface area contributed by atoms with Gasteiger partial charge in [-0.05, 0) is 91.7 Å². The van der Waals surface area contributed by atoms with E-state index in [4.69, 9.17) is 4.74 Å². The van der Waals surface area contributed by atoms with Crippen molar-refractivity contribution in [1.82, 2.24) is 0 Å². The second kappa shape index (κ2) is 9.55. The molecule has 1 atom stereocenters. The lowest BCUT2D eigenvalue weighted by Crippen LogP contribution is -2.28. The molecule has 0 amide bonds. The number of hydrogen-bond donors (Lipinski definition) is 0. The molecule has 45 heavy (non-hydrogen) atoms. The van der Waals surface area contributed by atoms with E-state index in [-0.39, 0.29) is 5.41 Å². The summed E-state index contributed by atoms with van der Waals surface area (Å²) in [5.41, 5.74) is 12.0. The maximum absolute atomic E-state index is 6.40. The first-order valence-electron chi connectivity index (χ1n) is 15.8. The first-order valence-corrected chi connectivity index (χ1v) is 15.8. The standard InChI is InChI=1S/C44H32O/c1-43(2)38-21-10-11-22-41(38)45-42-24-23-32(28-40(42)43)29-15-12-18-34(25-29)44(33-16-4-3-5-17-33)37-20-9-8-19-35(37)36-26-30-13-6-7-14-31(30)27-39(36)44/h3-28H,1-2H3. The molecule has 7 aromatic rings. The van der Waals surface area contributed by atoms with Gasteiger partial charge in [-0.15, -0.1) is 0 Å². The molecule has 0 saturated carbocycles. The van der Waals surface area contributed by atoms with Crippen molar-refractivity contribution >= 4 is 10.8 Å². The Bertz CT molecular complexity index is 2280. The van der Waals surface area contributed by atoms with Crippen LogP contribution in [0, 0.1) is 0 Å². The van der Waals surface area contributed by atoms with Crippen LogP contribution in [-0.4, -0.2) is 0 Å². The summed E-state index contributed by atoms with van der Waals surface area (Å²) in [7, 11) is 0. The lowest BCUT2D eigenvalue weighted by molar-refractivity contribution is 0.418. The average Bonchev–Trinajstić information content (AvgIpc) is 3.38. The fourth-order valence-electron chi connectivity index (χ4n) is 7.99. The van der Waals surface area contributed by atoms with Crippen molar-refractivity contribution in [2.24, 2.45) is 0 Å². The van der Waals surface area contributed by atoms with E-state index in [1.165, 1.54) is 66.4 Å². The van der Waals surface area contributed by atoms with Gasteiger partial charge in [0.2, 0.25) is 0 Å². The quantitative estimate of drug-likeness (QED) is 0.203. The topological polar surface area (TPSA) is 9.23 Å². The second-order valence-corrected chi connectivity index (χ2v) is 12.9. The Morgan fingerprint density at radius 1 is 0.400 bits per heavy atom. The van der Waals surface area contributed by atoms with E-state index in [9.17, 15) is 0 Å². The SMILES string of the molecule is CC1(C)c2ccccc2Oc2ccc(-c3cccc(C4(c5ccccc5)c5ccccc5-c5cc6ccccc6cc54)c3)cc21. The number of benzene rings is 7. The lowest BCUT2D eigenvalue weighted by Gasteiger charge is -2.35. The molecule has 9 rings (SSSR count). The van der Waals surface area contributed by atoms with Crippen LogP contribution in [0.15, 0.2) is 158 Å². The molecule has 7 aromatic carbocycles. The van der Waals surface area contributed by atoms with Gasteiger partial charge >= 0.3 is 0 Å². The fraction of sp³-hybridized carbons (Fsp3) is 0.0909. The molecule has 2 aliphatic rings. The van der Waals surface area contributed by atoms with E-state index >= 15 is 0 Å². The average molecular weight is 577 g/mol. The van der Waals surface area contributed by atoms with E-state index in [1.54, 1.807) is 0 Å². The summed E-state index contributed by atoms with van der Waals surface area (Å²) < 4.78 is 6.40. The molecule has 0 saturated heterocycles. The predicted octanol–water partition coefficient (Wildman–Crippen LogP) is 11.3. The monoisotopic (exact) mass is 576 g/mol.